The van der Waals surface area contributed by atoms with Crippen LogP contribution in [-0.2, 0) is 22.4 Å². The molecule has 0 fully saturated rings. The molecule has 104 valence electrons. The molecule has 5 nitrogen and oxygen atoms in total. The van der Waals surface area contributed by atoms with Gasteiger partial charge in [0.15, 0.2) is 0 Å². The molecule has 0 aromatic carbocycles. The van der Waals surface area contributed by atoms with Crippen LogP contribution in [0.3, 0.4) is 0 Å². The Balaban J connectivity index is 2.32. The average Bonchev–Trinajstić information content (AvgIpc) is 2.32. The summed E-state index contributed by atoms with van der Waals surface area (Å²) in [4.78, 5) is 28.2. The van der Waals surface area contributed by atoms with E-state index in [9.17, 15) is 9.59 Å². The van der Waals surface area contributed by atoms with Crippen molar-refractivity contribution >= 4 is 5.97 Å². The van der Waals surface area contributed by atoms with Crippen LogP contribution in [-0.4, -0.2) is 22.1 Å². The monoisotopic (exact) mass is 264 g/mol. The van der Waals surface area contributed by atoms with Crippen molar-refractivity contribution in [2.45, 2.75) is 46.1 Å². The van der Waals surface area contributed by atoms with Gasteiger partial charge in [0.1, 0.15) is 5.82 Å². The third kappa shape index (κ3) is 2.85. The Labute approximate surface area is 112 Å². The van der Waals surface area contributed by atoms with Crippen molar-refractivity contribution in [2.24, 2.45) is 5.92 Å². The van der Waals surface area contributed by atoms with Crippen molar-refractivity contribution in [3.63, 3.8) is 0 Å². The first-order valence-corrected chi connectivity index (χ1v) is 6.77. The zero-order chi connectivity index (χ0) is 14.0. The molecule has 1 aliphatic heterocycles. The number of hydrogen-bond donors (Lipinski definition) is 0. The summed E-state index contributed by atoms with van der Waals surface area (Å²) in [6.07, 6.45) is 3.31. The molecule has 0 N–H and O–H groups in total. The molecule has 1 aromatic heterocycles. The largest absolute Gasteiger partial charge is 0.466 e. The molecule has 19 heavy (non-hydrogen) atoms. The van der Waals surface area contributed by atoms with Gasteiger partial charge in [-0.1, -0.05) is 6.92 Å². The number of fused-ring (bicyclic) bond motifs is 1. The number of esters is 1. The van der Waals surface area contributed by atoms with Crippen molar-refractivity contribution in [2.75, 3.05) is 6.61 Å². The van der Waals surface area contributed by atoms with Crippen LogP contribution in [0.15, 0.2) is 11.0 Å². The van der Waals surface area contributed by atoms with Gasteiger partial charge in [-0.25, -0.2) is 4.98 Å². The number of hydrogen-bond acceptors (Lipinski definition) is 4. The van der Waals surface area contributed by atoms with E-state index < -0.39 is 0 Å². The van der Waals surface area contributed by atoms with Crippen LogP contribution in [0.25, 0.3) is 0 Å². The van der Waals surface area contributed by atoms with E-state index >= 15 is 0 Å². The van der Waals surface area contributed by atoms with Gasteiger partial charge in [0.05, 0.1) is 13.0 Å². The molecule has 2 rings (SSSR count). The number of carbonyl (C=O) groups is 1. The maximum absolute atomic E-state index is 12.4. The fraction of sp³-hybridized carbons (Fsp3) is 0.643. The van der Waals surface area contributed by atoms with Gasteiger partial charge in [-0.2, -0.15) is 0 Å². The Kier molecular flexibility index (Phi) is 4.02. The molecule has 0 radical (unpaired) electrons. The lowest BCUT2D eigenvalue weighted by molar-refractivity contribution is -0.142. The summed E-state index contributed by atoms with van der Waals surface area (Å²) in [6.45, 7) is 6.26. The molecule has 0 amide bonds. The zero-order valence-corrected chi connectivity index (χ0v) is 11.7. The minimum Gasteiger partial charge on any atom is -0.466 e. The van der Waals surface area contributed by atoms with Crippen molar-refractivity contribution in [3.8, 4) is 0 Å². The predicted molar refractivity (Wildman–Crippen MR) is 71.0 cm³/mol. The van der Waals surface area contributed by atoms with E-state index in [0.717, 1.165) is 18.7 Å². The van der Waals surface area contributed by atoms with Gasteiger partial charge in [0.25, 0.3) is 5.56 Å². The highest BCUT2D eigenvalue weighted by atomic mass is 16.5. The maximum Gasteiger partial charge on any atom is 0.310 e. The minimum atomic E-state index is -0.376. The van der Waals surface area contributed by atoms with Crippen molar-refractivity contribution < 1.29 is 9.53 Å². The summed E-state index contributed by atoms with van der Waals surface area (Å²) in [7, 11) is 0. The normalized spacial score (nSPS) is 21.8. The Bertz CT molecular complexity index is 536. The molecule has 1 aliphatic rings. The summed E-state index contributed by atoms with van der Waals surface area (Å²) in [5, 5.41) is 0. The van der Waals surface area contributed by atoms with Crippen molar-refractivity contribution in [3.05, 3.63) is 27.9 Å². The third-order valence-corrected chi connectivity index (χ3v) is 3.50. The Morgan fingerprint density at radius 2 is 2.26 bits per heavy atom. The summed E-state index contributed by atoms with van der Waals surface area (Å²) in [6, 6.07) is 0.140. The predicted octanol–water partition coefficient (Wildman–Crippen LogP) is 1.49. The van der Waals surface area contributed by atoms with Crippen LogP contribution < -0.4 is 5.56 Å². The number of carbonyl (C=O) groups excluding carboxylic acids is 1. The molecule has 0 unspecified atom stereocenters. The van der Waals surface area contributed by atoms with Gasteiger partial charge < -0.3 is 4.74 Å². The van der Waals surface area contributed by atoms with E-state index in [1.54, 1.807) is 11.5 Å². The average molecular weight is 264 g/mol. The lowest BCUT2D eigenvalue weighted by Gasteiger charge is -2.28. The highest BCUT2D eigenvalue weighted by Crippen LogP contribution is 2.25. The first-order valence-electron chi connectivity index (χ1n) is 6.77. The van der Waals surface area contributed by atoms with Gasteiger partial charge >= 0.3 is 5.97 Å². The topological polar surface area (TPSA) is 61.2 Å². The van der Waals surface area contributed by atoms with Crippen LogP contribution in [0.1, 0.15) is 44.6 Å². The molecule has 5 heteroatoms. The third-order valence-electron chi connectivity index (χ3n) is 3.50. The second kappa shape index (κ2) is 5.55. The SMILES string of the molecule is CCOC(=O)Cc1cnc2n(c1=O)[C@@H](C)C[C@H](C)C2. The maximum atomic E-state index is 12.4. The first kappa shape index (κ1) is 13.8. The minimum absolute atomic E-state index is 0.00221. The van der Waals surface area contributed by atoms with Crippen LogP contribution in [0.5, 0.6) is 0 Å². The van der Waals surface area contributed by atoms with E-state index in [4.69, 9.17) is 4.74 Å². The highest BCUT2D eigenvalue weighted by Gasteiger charge is 2.24. The number of rotatable bonds is 3. The van der Waals surface area contributed by atoms with Crippen LogP contribution >= 0.6 is 0 Å². The number of aromatic nitrogens is 2. The Morgan fingerprint density at radius 3 is 2.95 bits per heavy atom. The van der Waals surface area contributed by atoms with Crippen molar-refractivity contribution in [1.82, 2.24) is 9.55 Å². The number of nitrogens with zero attached hydrogens (tertiary/aromatic N) is 2. The van der Waals surface area contributed by atoms with E-state index in [2.05, 4.69) is 11.9 Å². The van der Waals surface area contributed by atoms with E-state index in [0.29, 0.717) is 18.1 Å². The summed E-state index contributed by atoms with van der Waals surface area (Å²) in [5.41, 5.74) is 0.320. The summed E-state index contributed by atoms with van der Waals surface area (Å²) in [5.74, 6) is 0.987. The molecule has 0 aliphatic carbocycles. The molecule has 0 saturated carbocycles. The van der Waals surface area contributed by atoms with E-state index in [1.807, 2.05) is 6.92 Å². The lowest BCUT2D eigenvalue weighted by atomic mass is 9.94. The highest BCUT2D eigenvalue weighted by molar-refractivity contribution is 5.72. The van der Waals surface area contributed by atoms with Crippen LogP contribution in [0.2, 0.25) is 0 Å². The Hall–Kier alpha value is -1.65. The van der Waals surface area contributed by atoms with E-state index in [-0.39, 0.29) is 24.0 Å². The van der Waals surface area contributed by atoms with Crippen LogP contribution in [0, 0.1) is 5.92 Å². The molecule has 2 heterocycles. The second-order valence-electron chi connectivity index (χ2n) is 5.25. The fourth-order valence-electron chi connectivity index (χ4n) is 2.72. The van der Waals surface area contributed by atoms with Gasteiger partial charge in [-0.3, -0.25) is 14.2 Å². The van der Waals surface area contributed by atoms with E-state index in [1.165, 1.54) is 6.20 Å². The lowest BCUT2D eigenvalue weighted by Crippen LogP contribution is -2.35. The van der Waals surface area contributed by atoms with Gasteiger partial charge in [0.2, 0.25) is 0 Å². The Morgan fingerprint density at radius 1 is 1.53 bits per heavy atom. The molecule has 0 saturated heterocycles. The number of ether oxygens (including phenoxy) is 1. The molecule has 1 aromatic rings. The van der Waals surface area contributed by atoms with Crippen LogP contribution in [0.4, 0.5) is 0 Å². The first-order chi connectivity index (χ1) is 9.02. The van der Waals surface area contributed by atoms with Gasteiger partial charge in [0, 0.05) is 24.2 Å². The standard InChI is InChI=1S/C14H20N2O3/c1-4-19-13(17)7-11-8-15-12-6-9(2)5-10(3)16(12)14(11)18/h8-10H,4-7H2,1-3H3/t9-,10-/m0/s1. The smallest absolute Gasteiger partial charge is 0.310 e. The van der Waals surface area contributed by atoms with Gasteiger partial charge in [-0.15, -0.1) is 0 Å². The summed E-state index contributed by atoms with van der Waals surface area (Å²) < 4.78 is 6.60. The molecule has 0 spiro atoms. The zero-order valence-electron chi connectivity index (χ0n) is 11.7. The molecular formula is C14H20N2O3. The van der Waals surface area contributed by atoms with Crippen molar-refractivity contribution in [1.29, 1.82) is 0 Å². The second-order valence-corrected chi connectivity index (χ2v) is 5.25. The van der Waals surface area contributed by atoms with Gasteiger partial charge in [-0.05, 0) is 26.2 Å². The fourth-order valence-corrected chi connectivity index (χ4v) is 2.72. The molecular weight excluding hydrogens is 244 g/mol. The summed E-state index contributed by atoms with van der Waals surface area (Å²) >= 11 is 0. The molecule has 2 atom stereocenters. The quantitative estimate of drug-likeness (QED) is 0.776. The molecule has 0 bridgehead atoms.